The van der Waals surface area contributed by atoms with Crippen molar-refractivity contribution in [3.8, 4) is 0 Å². The van der Waals surface area contributed by atoms with Gasteiger partial charge in [0, 0.05) is 18.4 Å². The second-order valence-electron chi connectivity index (χ2n) is 2.18. The van der Waals surface area contributed by atoms with E-state index in [1.54, 1.807) is 12.1 Å². The molecule has 0 aliphatic rings. The molecule has 0 spiro atoms. The van der Waals surface area contributed by atoms with E-state index in [0.717, 1.165) is 10.5 Å². The first-order valence-electron chi connectivity index (χ1n) is 3.11. The Bertz CT molecular complexity index is 251. The zero-order valence-electron chi connectivity index (χ0n) is 5.94. The van der Waals surface area contributed by atoms with Gasteiger partial charge in [0.05, 0.1) is 0 Å². The highest BCUT2D eigenvalue weighted by Gasteiger charge is 2.15. The molecule has 1 aromatic carbocycles. The standard InChI is InChI=1S/C7H6Cl4S/c8-5-6-1-3-7(4-2-6)12(9,10)11/h1-4H,5H2. The molecule has 0 fully saturated rings. The van der Waals surface area contributed by atoms with Crippen molar-refractivity contribution in [3.63, 3.8) is 0 Å². The minimum atomic E-state index is -2.15. The molecule has 0 aliphatic carbocycles. The van der Waals surface area contributed by atoms with Crippen LogP contribution >= 0.6 is 51.3 Å². The number of halogens is 4. The van der Waals surface area contributed by atoms with Gasteiger partial charge in [-0.1, -0.05) is 12.1 Å². The van der Waals surface area contributed by atoms with E-state index in [9.17, 15) is 0 Å². The van der Waals surface area contributed by atoms with Gasteiger partial charge in [-0.3, -0.25) is 0 Å². The molecule has 0 nitrogen and oxygen atoms in total. The largest absolute Gasteiger partial charge is 0.122 e. The Morgan fingerprint density at radius 1 is 1.00 bits per heavy atom. The summed E-state index contributed by atoms with van der Waals surface area (Å²) in [6, 6.07) is 7.30. The first-order valence-corrected chi connectivity index (χ1v) is 7.76. The molecule has 0 amide bonds. The van der Waals surface area contributed by atoms with Gasteiger partial charge in [-0.2, -0.15) is 0 Å². The van der Waals surface area contributed by atoms with Gasteiger partial charge in [-0.15, -0.1) is 11.6 Å². The molecule has 0 bridgehead atoms. The van der Waals surface area contributed by atoms with E-state index in [4.69, 9.17) is 43.6 Å². The summed E-state index contributed by atoms with van der Waals surface area (Å²) in [5.74, 6) is 0.482. The molecule has 0 aliphatic heterocycles. The van der Waals surface area contributed by atoms with Crippen LogP contribution in [-0.2, 0) is 5.88 Å². The molecular weight excluding hydrogens is 258 g/mol. The fourth-order valence-corrected chi connectivity index (χ4v) is 2.28. The Morgan fingerprint density at radius 3 is 1.83 bits per heavy atom. The third-order valence-corrected chi connectivity index (χ3v) is 4.06. The maximum absolute atomic E-state index is 5.74. The van der Waals surface area contributed by atoms with Gasteiger partial charge < -0.3 is 0 Å². The Kier molecular flexibility index (Phi) is 3.87. The lowest BCUT2D eigenvalue weighted by atomic mass is 10.2. The van der Waals surface area contributed by atoms with Crippen molar-refractivity contribution < 1.29 is 0 Å². The van der Waals surface area contributed by atoms with E-state index in [-0.39, 0.29) is 0 Å². The molecule has 1 rings (SSSR count). The molecule has 68 valence electrons. The average Bonchev–Trinajstić information content (AvgIpc) is 2.03. The Morgan fingerprint density at radius 2 is 1.50 bits per heavy atom. The summed E-state index contributed by atoms with van der Waals surface area (Å²) in [4.78, 5) is 0.737. The number of hydrogen-bond acceptors (Lipinski definition) is 0. The van der Waals surface area contributed by atoms with Crippen molar-refractivity contribution in [2.75, 3.05) is 0 Å². The van der Waals surface area contributed by atoms with Gasteiger partial charge in [0.15, 0.2) is 0 Å². The zero-order chi connectivity index (χ0) is 9.19. The lowest BCUT2D eigenvalue weighted by molar-refractivity contribution is 1.34. The molecule has 1 aromatic rings. The van der Waals surface area contributed by atoms with Crippen LogP contribution in [0.4, 0.5) is 0 Å². The van der Waals surface area contributed by atoms with Gasteiger partial charge >= 0.3 is 0 Å². The second-order valence-corrected chi connectivity index (χ2v) is 9.32. The summed E-state index contributed by atoms with van der Waals surface area (Å²) >= 11 is 5.60. The van der Waals surface area contributed by atoms with Crippen LogP contribution in [0.3, 0.4) is 0 Å². The maximum atomic E-state index is 5.74. The molecule has 0 saturated carbocycles. The van der Waals surface area contributed by atoms with Crippen molar-refractivity contribution in [3.05, 3.63) is 29.8 Å². The van der Waals surface area contributed by atoms with Crippen LogP contribution in [0.2, 0.25) is 0 Å². The lowest BCUT2D eigenvalue weighted by Crippen LogP contribution is -1.79. The van der Waals surface area contributed by atoms with Crippen molar-refractivity contribution in [2.45, 2.75) is 10.8 Å². The molecule has 0 saturated heterocycles. The first kappa shape index (κ1) is 10.8. The molecular formula is C7H6Cl4S. The van der Waals surface area contributed by atoms with Gasteiger partial charge in [-0.25, -0.2) is 0 Å². The molecule has 0 unspecified atom stereocenters. The summed E-state index contributed by atoms with van der Waals surface area (Å²) in [6.45, 7) is 0. The SMILES string of the molecule is ClCc1ccc(S(Cl)(Cl)Cl)cc1. The van der Waals surface area contributed by atoms with Gasteiger partial charge in [0.1, 0.15) is 0 Å². The van der Waals surface area contributed by atoms with Crippen LogP contribution in [-0.4, -0.2) is 0 Å². The van der Waals surface area contributed by atoms with Crippen molar-refractivity contribution in [1.82, 2.24) is 0 Å². The smallest absolute Gasteiger partial charge is 0.0474 e. The molecule has 5 heteroatoms. The zero-order valence-corrected chi connectivity index (χ0v) is 9.78. The third kappa shape index (κ3) is 2.90. The quantitative estimate of drug-likeness (QED) is 0.655. The summed E-state index contributed by atoms with van der Waals surface area (Å²) in [5, 5.41) is 0. The van der Waals surface area contributed by atoms with Crippen LogP contribution in [0.5, 0.6) is 0 Å². The van der Waals surface area contributed by atoms with Crippen LogP contribution in [0.15, 0.2) is 29.2 Å². The molecule has 0 aromatic heterocycles. The molecule has 0 atom stereocenters. The summed E-state index contributed by atoms with van der Waals surface area (Å²) in [5.41, 5.74) is 1.02. The van der Waals surface area contributed by atoms with E-state index < -0.39 is 7.67 Å². The fourth-order valence-electron chi connectivity index (χ4n) is 0.733. The molecule has 0 radical (unpaired) electrons. The predicted molar refractivity (Wildman–Crippen MR) is 59.4 cm³/mol. The Balaban J connectivity index is 2.93. The van der Waals surface area contributed by atoms with Gasteiger partial charge in [-0.05, 0) is 49.7 Å². The minimum Gasteiger partial charge on any atom is -0.122 e. The van der Waals surface area contributed by atoms with Crippen LogP contribution < -0.4 is 0 Å². The second kappa shape index (κ2) is 4.30. The average molecular weight is 264 g/mol. The number of alkyl halides is 1. The van der Waals surface area contributed by atoms with Crippen molar-refractivity contribution in [1.29, 1.82) is 0 Å². The predicted octanol–water partition coefficient (Wildman–Crippen LogP) is 5.05. The number of hydrogen-bond donors (Lipinski definition) is 0. The van der Waals surface area contributed by atoms with E-state index in [1.165, 1.54) is 0 Å². The maximum Gasteiger partial charge on any atom is 0.0474 e. The molecule has 0 N–H and O–H groups in total. The van der Waals surface area contributed by atoms with E-state index >= 15 is 0 Å². The van der Waals surface area contributed by atoms with Crippen LogP contribution in [0, 0.1) is 0 Å². The monoisotopic (exact) mass is 262 g/mol. The number of benzene rings is 1. The fraction of sp³-hybridized carbons (Fsp3) is 0.143. The highest BCUT2D eigenvalue weighted by atomic mass is 36.2. The van der Waals surface area contributed by atoms with Crippen LogP contribution in [0.1, 0.15) is 5.56 Å². The summed E-state index contributed by atoms with van der Waals surface area (Å²) < 4.78 is 0. The highest BCUT2D eigenvalue weighted by Crippen LogP contribution is 2.69. The van der Waals surface area contributed by atoms with E-state index in [0.29, 0.717) is 5.88 Å². The highest BCUT2D eigenvalue weighted by molar-refractivity contribution is 8.79. The summed E-state index contributed by atoms with van der Waals surface area (Å²) in [6.07, 6.45) is 0. The molecule has 0 heterocycles. The van der Waals surface area contributed by atoms with E-state index in [1.807, 2.05) is 12.1 Å². The Labute approximate surface area is 91.6 Å². The minimum absolute atomic E-state index is 0.482. The normalized spacial score (nSPS) is 13.0. The summed E-state index contributed by atoms with van der Waals surface area (Å²) in [7, 11) is 15.1. The van der Waals surface area contributed by atoms with E-state index in [2.05, 4.69) is 0 Å². The van der Waals surface area contributed by atoms with Crippen molar-refractivity contribution >= 4 is 51.3 Å². The van der Waals surface area contributed by atoms with Crippen LogP contribution in [0.25, 0.3) is 0 Å². The number of rotatable bonds is 2. The lowest BCUT2D eigenvalue weighted by Gasteiger charge is -2.15. The topological polar surface area (TPSA) is 0 Å². The van der Waals surface area contributed by atoms with Crippen molar-refractivity contribution in [2.24, 2.45) is 0 Å². The first-order chi connectivity index (χ1) is 5.54. The van der Waals surface area contributed by atoms with Gasteiger partial charge in [0.25, 0.3) is 0 Å². The van der Waals surface area contributed by atoms with Gasteiger partial charge in [0.2, 0.25) is 0 Å². The molecule has 12 heavy (non-hydrogen) atoms. The Hall–Kier alpha value is 0.730. The third-order valence-electron chi connectivity index (χ3n) is 1.34.